The predicted octanol–water partition coefficient (Wildman–Crippen LogP) is 3.93. The number of aryl methyl sites for hydroxylation is 1. The first-order valence-electron chi connectivity index (χ1n) is 7.20. The van der Waals surface area contributed by atoms with Gasteiger partial charge >= 0.3 is 0 Å². The van der Waals surface area contributed by atoms with Crippen molar-refractivity contribution < 1.29 is 9.18 Å². The Morgan fingerprint density at radius 2 is 2.21 bits per heavy atom. The second-order valence-electron chi connectivity index (χ2n) is 5.40. The van der Waals surface area contributed by atoms with Gasteiger partial charge < -0.3 is 4.90 Å². The van der Waals surface area contributed by atoms with Crippen LogP contribution in [0.4, 0.5) is 4.39 Å². The summed E-state index contributed by atoms with van der Waals surface area (Å²) < 4.78 is 13.3. The molecule has 1 unspecified atom stereocenters. The van der Waals surface area contributed by atoms with Gasteiger partial charge in [0.25, 0.3) is 5.91 Å². The SMILES string of the molecule is CCCC1CCCCN1C(=O)c1ccc(F)c(C)c1. The molecule has 1 atom stereocenters. The molecule has 104 valence electrons. The topological polar surface area (TPSA) is 20.3 Å². The average molecular weight is 263 g/mol. The van der Waals surface area contributed by atoms with E-state index in [2.05, 4.69) is 6.92 Å². The number of carbonyl (C=O) groups excluding carboxylic acids is 1. The molecule has 0 radical (unpaired) electrons. The normalized spacial score (nSPS) is 19.5. The van der Waals surface area contributed by atoms with Gasteiger partial charge in [-0.05, 0) is 56.4 Å². The van der Waals surface area contributed by atoms with Gasteiger partial charge in [0, 0.05) is 18.2 Å². The van der Waals surface area contributed by atoms with E-state index in [4.69, 9.17) is 0 Å². The molecule has 2 nitrogen and oxygen atoms in total. The smallest absolute Gasteiger partial charge is 0.254 e. The molecule has 1 heterocycles. The lowest BCUT2D eigenvalue weighted by Crippen LogP contribution is -2.43. The molecule has 3 heteroatoms. The van der Waals surface area contributed by atoms with Crippen LogP contribution in [0.3, 0.4) is 0 Å². The third-order valence-electron chi connectivity index (χ3n) is 3.91. The maximum absolute atomic E-state index is 13.3. The molecule has 1 aromatic rings. The number of likely N-dealkylation sites (tertiary alicyclic amines) is 1. The van der Waals surface area contributed by atoms with Crippen molar-refractivity contribution in [3.63, 3.8) is 0 Å². The molecular formula is C16H22FNO. The third kappa shape index (κ3) is 3.14. The van der Waals surface area contributed by atoms with Crippen molar-refractivity contribution in [2.24, 2.45) is 0 Å². The highest BCUT2D eigenvalue weighted by molar-refractivity contribution is 5.94. The van der Waals surface area contributed by atoms with Gasteiger partial charge in [0.2, 0.25) is 0 Å². The quantitative estimate of drug-likeness (QED) is 0.809. The van der Waals surface area contributed by atoms with Crippen LogP contribution in [0, 0.1) is 12.7 Å². The van der Waals surface area contributed by atoms with Crippen LogP contribution in [-0.2, 0) is 0 Å². The standard InChI is InChI=1S/C16H22FNO/c1-3-6-14-7-4-5-10-18(14)16(19)13-8-9-15(17)12(2)11-13/h8-9,11,14H,3-7,10H2,1-2H3. The Morgan fingerprint density at radius 3 is 2.89 bits per heavy atom. The van der Waals surface area contributed by atoms with E-state index in [0.717, 1.165) is 32.2 Å². The first-order chi connectivity index (χ1) is 9.13. The minimum Gasteiger partial charge on any atom is -0.336 e. The highest BCUT2D eigenvalue weighted by Gasteiger charge is 2.26. The average Bonchev–Trinajstić information content (AvgIpc) is 2.42. The predicted molar refractivity (Wildman–Crippen MR) is 74.7 cm³/mol. The van der Waals surface area contributed by atoms with E-state index in [1.54, 1.807) is 19.1 Å². The van der Waals surface area contributed by atoms with Gasteiger partial charge in [-0.15, -0.1) is 0 Å². The molecule has 19 heavy (non-hydrogen) atoms. The van der Waals surface area contributed by atoms with E-state index in [9.17, 15) is 9.18 Å². The zero-order valence-electron chi connectivity index (χ0n) is 11.8. The van der Waals surface area contributed by atoms with E-state index < -0.39 is 0 Å². The summed E-state index contributed by atoms with van der Waals surface area (Å²) in [5.41, 5.74) is 1.15. The number of carbonyl (C=O) groups is 1. The van der Waals surface area contributed by atoms with Crippen LogP contribution in [0.25, 0.3) is 0 Å². The number of amides is 1. The number of rotatable bonds is 3. The molecule has 1 aromatic carbocycles. The summed E-state index contributed by atoms with van der Waals surface area (Å²) >= 11 is 0. The number of benzene rings is 1. The van der Waals surface area contributed by atoms with Gasteiger partial charge in [-0.2, -0.15) is 0 Å². The van der Waals surface area contributed by atoms with Crippen molar-refractivity contribution in [3.8, 4) is 0 Å². The van der Waals surface area contributed by atoms with E-state index in [1.165, 1.54) is 12.5 Å². The van der Waals surface area contributed by atoms with Gasteiger partial charge in [-0.25, -0.2) is 4.39 Å². The molecule has 0 spiro atoms. The number of piperidine rings is 1. The lowest BCUT2D eigenvalue weighted by molar-refractivity contribution is 0.0600. The summed E-state index contributed by atoms with van der Waals surface area (Å²) in [6.45, 7) is 4.69. The molecule has 0 aromatic heterocycles. The highest BCUT2D eigenvalue weighted by Crippen LogP contribution is 2.23. The maximum atomic E-state index is 13.3. The molecular weight excluding hydrogens is 241 g/mol. The lowest BCUT2D eigenvalue weighted by atomic mass is 9.97. The summed E-state index contributed by atoms with van der Waals surface area (Å²) in [5, 5.41) is 0. The van der Waals surface area contributed by atoms with E-state index in [0.29, 0.717) is 17.2 Å². The van der Waals surface area contributed by atoms with Gasteiger partial charge in [0.15, 0.2) is 0 Å². The van der Waals surface area contributed by atoms with Gasteiger partial charge in [0.05, 0.1) is 0 Å². The van der Waals surface area contributed by atoms with Crippen molar-refractivity contribution in [1.82, 2.24) is 4.90 Å². The van der Waals surface area contributed by atoms with Crippen LogP contribution in [0.5, 0.6) is 0 Å². The van der Waals surface area contributed by atoms with Crippen molar-refractivity contribution >= 4 is 5.91 Å². The Labute approximate surface area is 114 Å². The zero-order valence-corrected chi connectivity index (χ0v) is 11.8. The van der Waals surface area contributed by atoms with Crippen molar-refractivity contribution in [2.75, 3.05) is 6.54 Å². The number of hydrogen-bond donors (Lipinski definition) is 0. The van der Waals surface area contributed by atoms with E-state index in [-0.39, 0.29) is 11.7 Å². The molecule has 1 aliphatic heterocycles. The monoisotopic (exact) mass is 263 g/mol. The van der Waals surface area contributed by atoms with Crippen LogP contribution in [-0.4, -0.2) is 23.4 Å². The molecule has 1 aliphatic rings. The fourth-order valence-corrected chi connectivity index (χ4v) is 2.84. The summed E-state index contributed by atoms with van der Waals surface area (Å²) in [6.07, 6.45) is 5.53. The molecule has 1 saturated heterocycles. The van der Waals surface area contributed by atoms with Gasteiger partial charge in [-0.1, -0.05) is 13.3 Å². The lowest BCUT2D eigenvalue weighted by Gasteiger charge is -2.36. The molecule has 0 aliphatic carbocycles. The van der Waals surface area contributed by atoms with Crippen molar-refractivity contribution in [1.29, 1.82) is 0 Å². The van der Waals surface area contributed by atoms with Crippen molar-refractivity contribution in [2.45, 2.75) is 52.0 Å². The number of nitrogens with zero attached hydrogens (tertiary/aromatic N) is 1. The summed E-state index contributed by atoms with van der Waals surface area (Å²) in [7, 11) is 0. The Kier molecular flexibility index (Phi) is 4.56. The molecule has 2 rings (SSSR count). The second kappa shape index (κ2) is 6.18. The number of halogens is 1. The fourth-order valence-electron chi connectivity index (χ4n) is 2.84. The summed E-state index contributed by atoms with van der Waals surface area (Å²) in [4.78, 5) is 14.5. The van der Waals surface area contributed by atoms with E-state index in [1.807, 2.05) is 4.90 Å². The summed E-state index contributed by atoms with van der Waals surface area (Å²) in [5.74, 6) is -0.193. The minimum atomic E-state index is -0.250. The van der Waals surface area contributed by atoms with Crippen LogP contribution in [0.15, 0.2) is 18.2 Å². The Hall–Kier alpha value is -1.38. The fraction of sp³-hybridized carbons (Fsp3) is 0.562. The number of hydrogen-bond acceptors (Lipinski definition) is 1. The Balaban J connectivity index is 2.18. The highest BCUT2D eigenvalue weighted by atomic mass is 19.1. The van der Waals surface area contributed by atoms with Crippen LogP contribution >= 0.6 is 0 Å². The molecule has 1 fully saturated rings. The first-order valence-corrected chi connectivity index (χ1v) is 7.20. The third-order valence-corrected chi connectivity index (χ3v) is 3.91. The van der Waals surface area contributed by atoms with Crippen LogP contribution in [0.1, 0.15) is 54.9 Å². The second-order valence-corrected chi connectivity index (χ2v) is 5.40. The van der Waals surface area contributed by atoms with Crippen LogP contribution in [0.2, 0.25) is 0 Å². The van der Waals surface area contributed by atoms with Gasteiger partial charge in [-0.3, -0.25) is 4.79 Å². The Bertz CT molecular complexity index is 456. The zero-order chi connectivity index (χ0) is 13.8. The molecule has 0 bridgehead atoms. The maximum Gasteiger partial charge on any atom is 0.254 e. The van der Waals surface area contributed by atoms with Crippen molar-refractivity contribution in [3.05, 3.63) is 35.1 Å². The summed E-state index contributed by atoms with van der Waals surface area (Å²) in [6, 6.07) is 5.01. The van der Waals surface area contributed by atoms with Gasteiger partial charge in [0.1, 0.15) is 5.82 Å². The molecule has 1 amide bonds. The Morgan fingerprint density at radius 1 is 1.42 bits per heavy atom. The first kappa shape index (κ1) is 14.0. The largest absolute Gasteiger partial charge is 0.336 e. The van der Waals surface area contributed by atoms with E-state index >= 15 is 0 Å². The minimum absolute atomic E-state index is 0.0567. The van der Waals surface area contributed by atoms with Crippen LogP contribution < -0.4 is 0 Å². The molecule has 0 N–H and O–H groups in total. The molecule has 0 saturated carbocycles.